The van der Waals surface area contributed by atoms with Gasteiger partial charge in [0.2, 0.25) is 0 Å². The van der Waals surface area contributed by atoms with Crippen LogP contribution in [0.3, 0.4) is 0 Å². The van der Waals surface area contributed by atoms with Gasteiger partial charge < -0.3 is 0 Å². The van der Waals surface area contributed by atoms with Crippen LogP contribution >= 0.6 is 0 Å². The minimum Gasteiger partial charge on any atom is -0.284 e. The second-order valence-electron chi connectivity index (χ2n) is 5.57. The van der Waals surface area contributed by atoms with Crippen molar-refractivity contribution in [3.8, 4) is 22.4 Å². The number of hydrogen-bond donors (Lipinski definition) is 1. The number of fused-ring (bicyclic) bond motifs is 1. The molecule has 4 rings (SSSR count). The maximum absolute atomic E-state index is 4.57. The molecule has 0 amide bonds. The minimum atomic E-state index is 0.985. The molecule has 0 saturated heterocycles. The highest BCUT2D eigenvalue weighted by molar-refractivity contribution is 5.87. The molecule has 3 heteroatoms. The van der Waals surface area contributed by atoms with Gasteiger partial charge in [0.15, 0.2) is 0 Å². The molecule has 4 aromatic rings. The fourth-order valence-electron chi connectivity index (χ4n) is 2.99. The molecule has 0 aliphatic heterocycles. The first kappa shape index (κ1) is 13.7. The van der Waals surface area contributed by atoms with Gasteiger partial charge in [-0.25, -0.2) is 0 Å². The Hall–Kier alpha value is -2.94. The smallest absolute Gasteiger partial charge is 0.100 e. The van der Waals surface area contributed by atoms with Crippen molar-refractivity contribution < 1.29 is 0 Å². The van der Waals surface area contributed by atoms with Gasteiger partial charge in [-0.05, 0) is 24.1 Å². The lowest BCUT2D eigenvalue weighted by atomic mass is 9.97. The van der Waals surface area contributed by atoms with E-state index in [1.165, 1.54) is 11.1 Å². The van der Waals surface area contributed by atoms with E-state index in [1.54, 1.807) is 0 Å². The van der Waals surface area contributed by atoms with Crippen LogP contribution in [0, 0.1) is 0 Å². The molecule has 2 aromatic heterocycles. The molecule has 1 N–H and O–H groups in total. The van der Waals surface area contributed by atoms with E-state index in [0.717, 1.165) is 34.1 Å². The summed E-state index contributed by atoms with van der Waals surface area (Å²) in [5.74, 6) is 0. The van der Waals surface area contributed by atoms with Crippen molar-refractivity contribution in [3.05, 3.63) is 72.6 Å². The number of rotatable bonds is 3. The summed E-state index contributed by atoms with van der Waals surface area (Å²) in [6.45, 7) is 2.17. The predicted molar refractivity (Wildman–Crippen MR) is 94.1 cm³/mol. The van der Waals surface area contributed by atoms with Gasteiger partial charge in [-0.15, -0.1) is 0 Å². The van der Waals surface area contributed by atoms with Crippen molar-refractivity contribution in [3.63, 3.8) is 0 Å². The normalized spacial score (nSPS) is 11.0. The molecule has 0 saturated carbocycles. The molecule has 2 aromatic carbocycles. The third-order valence-electron chi connectivity index (χ3n) is 4.20. The topological polar surface area (TPSA) is 41.6 Å². The van der Waals surface area contributed by atoms with Crippen LogP contribution in [0.2, 0.25) is 0 Å². The number of aryl methyl sites for hydroxylation is 1. The van der Waals surface area contributed by atoms with Gasteiger partial charge in [0.1, 0.15) is 5.69 Å². The Bertz CT molecular complexity index is 969. The van der Waals surface area contributed by atoms with Crippen molar-refractivity contribution >= 4 is 10.9 Å². The Kier molecular flexibility index (Phi) is 3.39. The van der Waals surface area contributed by atoms with Crippen LogP contribution < -0.4 is 0 Å². The van der Waals surface area contributed by atoms with Gasteiger partial charge in [0, 0.05) is 34.5 Å². The summed E-state index contributed by atoms with van der Waals surface area (Å²) in [5, 5.41) is 8.66. The van der Waals surface area contributed by atoms with E-state index in [4.69, 9.17) is 0 Å². The Labute approximate surface area is 135 Å². The van der Waals surface area contributed by atoms with Gasteiger partial charge in [-0.3, -0.25) is 10.1 Å². The van der Waals surface area contributed by atoms with E-state index in [0.29, 0.717) is 0 Å². The Balaban J connectivity index is 1.88. The number of para-hydroxylation sites is 1. The van der Waals surface area contributed by atoms with Crippen LogP contribution in [-0.4, -0.2) is 15.2 Å². The first-order chi connectivity index (χ1) is 11.4. The van der Waals surface area contributed by atoms with Crippen molar-refractivity contribution in [2.45, 2.75) is 13.3 Å². The average molecular weight is 299 g/mol. The average Bonchev–Trinajstić information content (AvgIpc) is 3.10. The first-order valence-electron chi connectivity index (χ1n) is 7.84. The predicted octanol–water partition coefficient (Wildman–Crippen LogP) is 4.85. The lowest BCUT2D eigenvalue weighted by molar-refractivity contribution is 1.08. The van der Waals surface area contributed by atoms with E-state index in [1.807, 2.05) is 30.6 Å². The lowest BCUT2D eigenvalue weighted by Crippen LogP contribution is -1.90. The maximum atomic E-state index is 4.57. The molecule has 0 spiro atoms. The third-order valence-corrected chi connectivity index (χ3v) is 4.20. The Morgan fingerprint density at radius 3 is 2.70 bits per heavy atom. The number of benzene rings is 2. The first-order valence-corrected chi connectivity index (χ1v) is 7.84. The molecule has 0 radical (unpaired) electrons. The van der Waals surface area contributed by atoms with E-state index in [-0.39, 0.29) is 0 Å². The van der Waals surface area contributed by atoms with Crippen LogP contribution in [0.25, 0.3) is 33.3 Å². The number of aromatic amines is 1. The number of H-pyrrole nitrogens is 1. The summed E-state index contributed by atoms with van der Waals surface area (Å²) in [6, 6.07) is 18.8. The highest BCUT2D eigenvalue weighted by Crippen LogP contribution is 2.33. The maximum Gasteiger partial charge on any atom is 0.100 e. The fourth-order valence-corrected chi connectivity index (χ4v) is 2.99. The number of nitrogens with one attached hydrogen (secondary N) is 1. The number of hydrogen-bond acceptors (Lipinski definition) is 2. The highest BCUT2D eigenvalue weighted by atomic mass is 15.1. The standard InChI is InChI=1S/C20H17N3/c1-2-14-7-3-5-9-17(14)20-18(13-22-23-20)16-11-15-8-4-6-10-19(15)21-12-16/h3-13H,2H2,1H3,(H,22,23). The molecule has 0 unspecified atom stereocenters. The molecular weight excluding hydrogens is 282 g/mol. The zero-order valence-corrected chi connectivity index (χ0v) is 13.0. The monoisotopic (exact) mass is 299 g/mol. The second kappa shape index (κ2) is 5.69. The van der Waals surface area contributed by atoms with Crippen molar-refractivity contribution in [2.75, 3.05) is 0 Å². The van der Waals surface area contributed by atoms with Crippen LogP contribution in [0.4, 0.5) is 0 Å². The summed E-state index contributed by atoms with van der Waals surface area (Å²) in [7, 11) is 0. The molecule has 0 atom stereocenters. The molecule has 0 fully saturated rings. The molecule has 0 bridgehead atoms. The van der Waals surface area contributed by atoms with Crippen molar-refractivity contribution in [1.82, 2.24) is 15.2 Å². The number of aromatic nitrogens is 3. The molecule has 23 heavy (non-hydrogen) atoms. The van der Waals surface area contributed by atoms with E-state index >= 15 is 0 Å². The molecule has 0 aliphatic rings. The van der Waals surface area contributed by atoms with Gasteiger partial charge in [0.25, 0.3) is 0 Å². The van der Waals surface area contributed by atoms with Crippen molar-refractivity contribution in [2.24, 2.45) is 0 Å². The minimum absolute atomic E-state index is 0.985. The van der Waals surface area contributed by atoms with Gasteiger partial charge in [0.05, 0.1) is 5.52 Å². The molecule has 112 valence electrons. The van der Waals surface area contributed by atoms with E-state index < -0.39 is 0 Å². The van der Waals surface area contributed by atoms with E-state index in [9.17, 15) is 0 Å². The van der Waals surface area contributed by atoms with Crippen LogP contribution in [0.5, 0.6) is 0 Å². The second-order valence-corrected chi connectivity index (χ2v) is 5.57. The van der Waals surface area contributed by atoms with Crippen LogP contribution in [0.1, 0.15) is 12.5 Å². The molecular formula is C20H17N3. The molecule has 0 aliphatic carbocycles. The SMILES string of the molecule is CCc1ccccc1-c1n[nH]cc1-c1cnc2ccccc2c1. The Morgan fingerprint density at radius 1 is 0.957 bits per heavy atom. The van der Waals surface area contributed by atoms with Gasteiger partial charge >= 0.3 is 0 Å². The largest absolute Gasteiger partial charge is 0.284 e. The van der Waals surface area contributed by atoms with Crippen molar-refractivity contribution in [1.29, 1.82) is 0 Å². The quantitative estimate of drug-likeness (QED) is 0.587. The van der Waals surface area contributed by atoms with Crippen LogP contribution in [-0.2, 0) is 6.42 Å². The molecule has 2 heterocycles. The third kappa shape index (κ3) is 2.40. The molecule has 3 nitrogen and oxygen atoms in total. The summed E-state index contributed by atoms with van der Waals surface area (Å²) in [6.07, 6.45) is 4.86. The zero-order valence-electron chi connectivity index (χ0n) is 13.0. The summed E-state index contributed by atoms with van der Waals surface area (Å²) in [4.78, 5) is 4.57. The summed E-state index contributed by atoms with van der Waals surface area (Å²) < 4.78 is 0. The van der Waals surface area contributed by atoms with Gasteiger partial charge in [-0.2, -0.15) is 5.10 Å². The van der Waals surface area contributed by atoms with Crippen LogP contribution in [0.15, 0.2) is 67.0 Å². The Morgan fingerprint density at radius 2 is 1.78 bits per heavy atom. The highest BCUT2D eigenvalue weighted by Gasteiger charge is 2.13. The fraction of sp³-hybridized carbons (Fsp3) is 0.100. The van der Waals surface area contributed by atoms with E-state index in [2.05, 4.69) is 58.5 Å². The lowest BCUT2D eigenvalue weighted by Gasteiger charge is -2.08. The summed E-state index contributed by atoms with van der Waals surface area (Å²) >= 11 is 0. The van der Waals surface area contributed by atoms with Gasteiger partial charge in [-0.1, -0.05) is 49.4 Å². The number of nitrogens with zero attached hydrogens (tertiary/aromatic N) is 2. The summed E-state index contributed by atoms with van der Waals surface area (Å²) in [5.41, 5.74) is 6.64. The zero-order chi connectivity index (χ0) is 15.6. The number of pyridine rings is 1.